The Labute approximate surface area is 121 Å². The summed E-state index contributed by atoms with van der Waals surface area (Å²) >= 11 is 0. The zero-order valence-electron chi connectivity index (χ0n) is 12.6. The van der Waals surface area contributed by atoms with Crippen LogP contribution in [0.1, 0.15) is 32.1 Å². The van der Waals surface area contributed by atoms with Crippen LogP contribution in [-0.4, -0.2) is 60.4 Å². The van der Waals surface area contributed by atoms with E-state index in [2.05, 4.69) is 5.32 Å². The van der Waals surface area contributed by atoms with Gasteiger partial charge in [-0.15, -0.1) is 0 Å². The molecule has 0 aromatic rings. The fraction of sp³-hybridized carbons (Fsp3) is 0.800. The number of nitrogens with zero attached hydrogens (tertiary/aromatic N) is 1. The molecule has 2 unspecified atom stereocenters. The van der Waals surface area contributed by atoms with Gasteiger partial charge in [0.15, 0.2) is 0 Å². The molecule has 1 aliphatic carbocycles. The minimum atomic E-state index is -0.661. The number of carbonyl (C=O) groups is 1. The average molecular weight is 284 g/mol. The van der Waals surface area contributed by atoms with E-state index in [-0.39, 0.29) is 18.4 Å². The molecule has 0 aliphatic heterocycles. The molecule has 1 rings (SSSR count). The fourth-order valence-electron chi connectivity index (χ4n) is 2.64. The molecule has 1 saturated carbocycles. The first-order chi connectivity index (χ1) is 9.54. The lowest BCUT2D eigenvalue weighted by atomic mass is 9.83. The monoisotopic (exact) mass is 284 g/mol. The van der Waals surface area contributed by atoms with Crippen molar-refractivity contribution < 1.29 is 15.0 Å². The maximum Gasteiger partial charge on any atom is 0.244 e. The zero-order chi connectivity index (χ0) is 15.0. The molecule has 0 aromatic carbocycles. The van der Waals surface area contributed by atoms with Crippen molar-refractivity contribution in [2.45, 2.75) is 44.2 Å². The Morgan fingerprint density at radius 2 is 2.00 bits per heavy atom. The van der Waals surface area contributed by atoms with Gasteiger partial charge >= 0.3 is 0 Å². The van der Waals surface area contributed by atoms with Crippen LogP contribution in [0.3, 0.4) is 0 Å². The van der Waals surface area contributed by atoms with Crippen LogP contribution in [-0.2, 0) is 4.79 Å². The summed E-state index contributed by atoms with van der Waals surface area (Å²) in [6.45, 7) is 0.452. The second kappa shape index (κ2) is 9.10. The van der Waals surface area contributed by atoms with Crippen molar-refractivity contribution in [2.75, 3.05) is 27.2 Å². The molecule has 2 atom stereocenters. The van der Waals surface area contributed by atoms with Crippen molar-refractivity contribution in [3.05, 3.63) is 12.2 Å². The van der Waals surface area contributed by atoms with Crippen LogP contribution in [0.5, 0.6) is 0 Å². The Hall–Kier alpha value is -0.910. The van der Waals surface area contributed by atoms with Crippen LogP contribution in [0.4, 0.5) is 0 Å². The van der Waals surface area contributed by atoms with Gasteiger partial charge in [0.05, 0.1) is 18.8 Å². The number of aliphatic hydroxyl groups excluding tert-OH is 2. The Kier molecular flexibility index (Phi) is 7.80. The van der Waals surface area contributed by atoms with E-state index in [1.54, 1.807) is 6.08 Å². The third-order valence-electron chi connectivity index (χ3n) is 3.81. The average Bonchev–Trinajstić information content (AvgIpc) is 2.44. The molecule has 0 radical (unpaired) electrons. The number of rotatable bonds is 7. The highest BCUT2D eigenvalue weighted by atomic mass is 16.3. The number of aliphatic hydroxyl groups is 2. The Balaban J connectivity index is 2.44. The molecule has 0 aromatic heterocycles. The molecule has 1 amide bonds. The molecule has 1 fully saturated rings. The molecule has 0 heterocycles. The molecule has 0 bridgehead atoms. The van der Waals surface area contributed by atoms with Gasteiger partial charge < -0.3 is 20.4 Å². The lowest BCUT2D eigenvalue weighted by Crippen LogP contribution is -2.48. The van der Waals surface area contributed by atoms with E-state index in [0.29, 0.717) is 6.54 Å². The Morgan fingerprint density at radius 3 is 2.55 bits per heavy atom. The summed E-state index contributed by atoms with van der Waals surface area (Å²) in [6, 6.07) is -0.574. The van der Waals surface area contributed by atoms with E-state index in [0.717, 1.165) is 25.7 Å². The van der Waals surface area contributed by atoms with Crippen molar-refractivity contribution in [2.24, 2.45) is 5.92 Å². The van der Waals surface area contributed by atoms with Gasteiger partial charge in [0.25, 0.3) is 0 Å². The topological polar surface area (TPSA) is 72.8 Å². The summed E-state index contributed by atoms with van der Waals surface area (Å²) in [5.74, 6) is -0.0762. The van der Waals surface area contributed by atoms with Crippen LogP contribution in [0.25, 0.3) is 0 Å². The van der Waals surface area contributed by atoms with E-state index in [9.17, 15) is 15.0 Å². The SMILES string of the molecule is CN(C)C/C=C/C(=O)NC(CO)C(O)C1CCCCC1. The van der Waals surface area contributed by atoms with Crippen LogP contribution in [0.2, 0.25) is 0 Å². The molecule has 0 saturated heterocycles. The first-order valence-electron chi connectivity index (χ1n) is 7.45. The van der Waals surface area contributed by atoms with Gasteiger partial charge in [-0.2, -0.15) is 0 Å². The quantitative estimate of drug-likeness (QED) is 0.596. The van der Waals surface area contributed by atoms with Gasteiger partial charge in [-0.3, -0.25) is 4.79 Å². The predicted octanol–water partition coefficient (Wildman–Crippen LogP) is 0.522. The van der Waals surface area contributed by atoms with E-state index >= 15 is 0 Å². The summed E-state index contributed by atoms with van der Waals surface area (Å²) in [5.41, 5.74) is 0. The smallest absolute Gasteiger partial charge is 0.244 e. The minimum absolute atomic E-state index is 0.187. The van der Waals surface area contributed by atoms with Gasteiger partial charge in [-0.25, -0.2) is 0 Å². The highest BCUT2D eigenvalue weighted by molar-refractivity contribution is 5.87. The molecular weight excluding hydrogens is 256 g/mol. The predicted molar refractivity (Wildman–Crippen MR) is 79.3 cm³/mol. The van der Waals surface area contributed by atoms with Crippen LogP contribution < -0.4 is 5.32 Å². The Morgan fingerprint density at radius 1 is 1.35 bits per heavy atom. The number of carbonyl (C=O) groups excluding carboxylic acids is 1. The molecule has 116 valence electrons. The van der Waals surface area contributed by atoms with Crippen molar-refractivity contribution in [3.8, 4) is 0 Å². The van der Waals surface area contributed by atoms with E-state index in [1.165, 1.54) is 12.5 Å². The largest absolute Gasteiger partial charge is 0.394 e. The molecular formula is C15H28N2O3. The minimum Gasteiger partial charge on any atom is -0.394 e. The van der Waals surface area contributed by atoms with Crippen LogP contribution >= 0.6 is 0 Å². The van der Waals surface area contributed by atoms with Crippen molar-refractivity contribution >= 4 is 5.91 Å². The van der Waals surface area contributed by atoms with Crippen molar-refractivity contribution in [3.63, 3.8) is 0 Å². The fourth-order valence-corrected chi connectivity index (χ4v) is 2.64. The maximum absolute atomic E-state index is 11.7. The molecule has 1 aliphatic rings. The number of hydrogen-bond donors (Lipinski definition) is 3. The summed E-state index contributed by atoms with van der Waals surface area (Å²) in [5, 5.41) is 22.4. The second-order valence-corrected chi connectivity index (χ2v) is 5.85. The second-order valence-electron chi connectivity index (χ2n) is 5.85. The summed E-state index contributed by atoms with van der Waals surface area (Å²) in [4.78, 5) is 13.7. The van der Waals surface area contributed by atoms with Crippen molar-refractivity contribution in [1.29, 1.82) is 0 Å². The number of hydrogen-bond acceptors (Lipinski definition) is 4. The first kappa shape index (κ1) is 17.1. The normalized spacial score (nSPS) is 20.2. The highest BCUT2D eigenvalue weighted by Crippen LogP contribution is 2.27. The third-order valence-corrected chi connectivity index (χ3v) is 3.81. The number of nitrogens with one attached hydrogen (secondary N) is 1. The summed E-state index contributed by atoms with van der Waals surface area (Å²) in [7, 11) is 3.84. The lowest BCUT2D eigenvalue weighted by Gasteiger charge is -2.31. The van der Waals surface area contributed by atoms with Crippen LogP contribution in [0.15, 0.2) is 12.2 Å². The molecule has 3 N–H and O–H groups in total. The zero-order valence-corrected chi connectivity index (χ0v) is 12.6. The third kappa shape index (κ3) is 6.03. The molecule has 5 heteroatoms. The number of likely N-dealkylation sites (N-methyl/N-ethyl adjacent to an activating group) is 1. The summed E-state index contributed by atoms with van der Waals surface area (Å²) in [6.07, 6.45) is 7.97. The van der Waals surface area contributed by atoms with Crippen LogP contribution in [0, 0.1) is 5.92 Å². The van der Waals surface area contributed by atoms with Gasteiger partial charge in [0.2, 0.25) is 5.91 Å². The Bertz CT molecular complexity index is 312. The lowest BCUT2D eigenvalue weighted by molar-refractivity contribution is -0.119. The molecule has 5 nitrogen and oxygen atoms in total. The maximum atomic E-state index is 11.7. The first-order valence-corrected chi connectivity index (χ1v) is 7.45. The van der Waals surface area contributed by atoms with E-state index in [4.69, 9.17) is 0 Å². The van der Waals surface area contributed by atoms with Gasteiger partial charge in [0, 0.05) is 12.6 Å². The van der Waals surface area contributed by atoms with Gasteiger partial charge in [-0.05, 0) is 32.9 Å². The van der Waals surface area contributed by atoms with Crippen molar-refractivity contribution in [1.82, 2.24) is 10.2 Å². The summed E-state index contributed by atoms with van der Waals surface area (Å²) < 4.78 is 0. The van der Waals surface area contributed by atoms with E-state index in [1.807, 2.05) is 19.0 Å². The van der Waals surface area contributed by atoms with E-state index < -0.39 is 12.1 Å². The number of amides is 1. The highest BCUT2D eigenvalue weighted by Gasteiger charge is 2.29. The molecule has 20 heavy (non-hydrogen) atoms. The van der Waals surface area contributed by atoms with Gasteiger partial charge in [0.1, 0.15) is 0 Å². The van der Waals surface area contributed by atoms with Gasteiger partial charge in [-0.1, -0.05) is 25.3 Å². The molecule has 0 spiro atoms. The standard InChI is InChI=1S/C15H28N2O3/c1-17(2)10-6-9-14(19)16-13(11-18)15(20)12-7-4-3-5-8-12/h6,9,12-13,15,18,20H,3-5,7-8,10-11H2,1-2H3,(H,16,19)/b9-6+.